The fraction of sp³-hybridized carbons (Fsp3) is 0.381. The Kier molecular flexibility index (Phi) is 4.75. The highest BCUT2D eigenvalue weighted by Crippen LogP contribution is 2.59. The van der Waals surface area contributed by atoms with Crippen LogP contribution < -0.4 is 5.32 Å². The van der Waals surface area contributed by atoms with Gasteiger partial charge in [-0.15, -0.1) is 0 Å². The van der Waals surface area contributed by atoms with Crippen molar-refractivity contribution in [1.29, 1.82) is 0 Å². The Bertz CT molecular complexity index is 891. The van der Waals surface area contributed by atoms with Gasteiger partial charge in [-0.05, 0) is 43.2 Å². The molecule has 7 heteroatoms. The topological polar surface area (TPSA) is 65.5 Å². The van der Waals surface area contributed by atoms with E-state index in [-0.39, 0.29) is 29.1 Å². The molecule has 0 radical (unpaired) electrons. The first-order chi connectivity index (χ1) is 13.5. The third-order valence-corrected chi connectivity index (χ3v) is 5.74. The van der Waals surface area contributed by atoms with Crippen LogP contribution in [0.4, 0.5) is 14.9 Å². The van der Waals surface area contributed by atoms with E-state index in [1.807, 2.05) is 18.2 Å². The van der Waals surface area contributed by atoms with Crippen molar-refractivity contribution in [1.82, 2.24) is 14.8 Å². The Balaban J connectivity index is 1.33. The first kappa shape index (κ1) is 18.4. The van der Waals surface area contributed by atoms with Gasteiger partial charge in [0.25, 0.3) is 0 Å². The van der Waals surface area contributed by atoms with Gasteiger partial charge >= 0.3 is 6.03 Å². The van der Waals surface area contributed by atoms with Gasteiger partial charge in [0.05, 0.1) is 12.2 Å². The molecule has 1 saturated heterocycles. The van der Waals surface area contributed by atoms with E-state index in [0.29, 0.717) is 25.3 Å². The van der Waals surface area contributed by atoms with Crippen molar-refractivity contribution < 1.29 is 14.0 Å². The summed E-state index contributed by atoms with van der Waals surface area (Å²) in [5.74, 6) is -0.328. The van der Waals surface area contributed by atoms with E-state index < -0.39 is 0 Å². The number of nitrogens with zero attached hydrogens (tertiary/aromatic N) is 3. The summed E-state index contributed by atoms with van der Waals surface area (Å²) < 4.78 is 13.3. The SMILES string of the molecule is CN(Cc1ccccn1)C(=O)[C@@H]1C[C@]12CCN(C(=O)Nc1cccc(F)c1)C2. The molecule has 146 valence electrons. The second-order valence-corrected chi connectivity index (χ2v) is 7.75. The molecule has 6 nitrogen and oxygen atoms in total. The van der Waals surface area contributed by atoms with Crippen LogP contribution in [0.1, 0.15) is 18.5 Å². The summed E-state index contributed by atoms with van der Waals surface area (Å²) in [6.45, 7) is 1.65. The fourth-order valence-electron chi connectivity index (χ4n) is 4.06. The molecule has 1 N–H and O–H groups in total. The second kappa shape index (κ2) is 7.22. The second-order valence-electron chi connectivity index (χ2n) is 7.75. The zero-order valence-corrected chi connectivity index (χ0v) is 15.8. The van der Waals surface area contributed by atoms with Gasteiger partial charge in [-0.25, -0.2) is 9.18 Å². The van der Waals surface area contributed by atoms with E-state index in [2.05, 4.69) is 10.3 Å². The molecule has 3 amide bonds. The number of nitrogens with one attached hydrogen (secondary N) is 1. The number of anilines is 1. The molecular formula is C21H23FN4O2. The molecule has 2 aliphatic rings. The van der Waals surface area contributed by atoms with Gasteiger partial charge in [0.1, 0.15) is 5.82 Å². The molecule has 1 aromatic carbocycles. The third kappa shape index (κ3) is 3.69. The third-order valence-electron chi connectivity index (χ3n) is 5.74. The van der Waals surface area contributed by atoms with E-state index in [1.165, 1.54) is 12.1 Å². The molecule has 1 aliphatic heterocycles. The Labute approximate surface area is 163 Å². The predicted octanol–water partition coefficient (Wildman–Crippen LogP) is 3.12. The maximum Gasteiger partial charge on any atom is 0.321 e. The molecule has 2 heterocycles. The molecule has 1 saturated carbocycles. The molecule has 28 heavy (non-hydrogen) atoms. The number of pyridine rings is 1. The lowest BCUT2D eigenvalue weighted by Crippen LogP contribution is -2.34. The average Bonchev–Trinajstić information content (AvgIpc) is 3.20. The minimum atomic E-state index is -0.389. The number of hydrogen-bond donors (Lipinski definition) is 1. The van der Waals surface area contributed by atoms with Crippen LogP contribution in [0.25, 0.3) is 0 Å². The first-order valence-corrected chi connectivity index (χ1v) is 9.43. The summed E-state index contributed by atoms with van der Waals surface area (Å²) in [5, 5.41) is 2.73. The minimum Gasteiger partial charge on any atom is -0.340 e. The summed E-state index contributed by atoms with van der Waals surface area (Å²) in [6.07, 6.45) is 3.35. The Hall–Kier alpha value is -2.96. The summed E-state index contributed by atoms with van der Waals surface area (Å²) >= 11 is 0. The van der Waals surface area contributed by atoms with Crippen molar-refractivity contribution in [3.63, 3.8) is 0 Å². The summed E-state index contributed by atoms with van der Waals surface area (Å²) in [5.41, 5.74) is 1.18. The number of halogens is 1. The van der Waals surface area contributed by atoms with E-state index >= 15 is 0 Å². The van der Waals surface area contributed by atoms with Crippen molar-refractivity contribution in [3.05, 3.63) is 60.2 Å². The van der Waals surface area contributed by atoms with E-state index in [9.17, 15) is 14.0 Å². The van der Waals surface area contributed by atoms with Gasteiger partial charge in [0, 0.05) is 43.4 Å². The van der Waals surface area contributed by atoms with Gasteiger partial charge in [-0.2, -0.15) is 0 Å². The average molecular weight is 382 g/mol. The highest BCUT2D eigenvalue weighted by Gasteiger charge is 2.61. The minimum absolute atomic E-state index is 0.0480. The van der Waals surface area contributed by atoms with Gasteiger partial charge in [0.15, 0.2) is 0 Å². The zero-order valence-electron chi connectivity index (χ0n) is 15.8. The number of urea groups is 1. The zero-order chi connectivity index (χ0) is 19.7. The van der Waals surface area contributed by atoms with Crippen molar-refractivity contribution >= 4 is 17.6 Å². The Morgan fingerprint density at radius 1 is 1.32 bits per heavy atom. The van der Waals surface area contributed by atoms with E-state index in [4.69, 9.17) is 0 Å². The van der Waals surface area contributed by atoms with Crippen LogP contribution in [0, 0.1) is 17.2 Å². The number of hydrogen-bond acceptors (Lipinski definition) is 3. The van der Waals surface area contributed by atoms with Crippen LogP contribution in [0.2, 0.25) is 0 Å². The van der Waals surface area contributed by atoms with Gasteiger partial charge in [-0.1, -0.05) is 12.1 Å². The lowest BCUT2D eigenvalue weighted by Gasteiger charge is -2.20. The normalized spacial score (nSPS) is 22.9. The van der Waals surface area contributed by atoms with Crippen LogP contribution in [0.5, 0.6) is 0 Å². The van der Waals surface area contributed by atoms with Gasteiger partial charge in [0.2, 0.25) is 5.91 Å². The molecule has 1 aliphatic carbocycles. The molecular weight excluding hydrogens is 359 g/mol. The summed E-state index contributed by atoms with van der Waals surface area (Å²) in [4.78, 5) is 33.0. The van der Waals surface area contributed by atoms with Crippen LogP contribution in [0.3, 0.4) is 0 Å². The predicted molar refractivity (Wildman–Crippen MR) is 103 cm³/mol. The van der Waals surface area contributed by atoms with Crippen LogP contribution in [-0.4, -0.2) is 46.9 Å². The highest BCUT2D eigenvalue weighted by atomic mass is 19.1. The molecule has 2 aromatic rings. The standard InChI is InChI=1S/C21H23FN4O2/c1-25(13-17-6-2-3-9-23-17)19(27)18-12-21(18)8-10-26(14-21)20(28)24-16-7-4-5-15(22)11-16/h2-7,9,11,18H,8,10,12-14H2,1H3,(H,24,28)/t18-,21-/m0/s1. The van der Waals surface area contributed by atoms with E-state index in [0.717, 1.165) is 18.5 Å². The fourth-order valence-corrected chi connectivity index (χ4v) is 4.06. The van der Waals surface area contributed by atoms with Crippen LogP contribution >= 0.6 is 0 Å². The van der Waals surface area contributed by atoms with Crippen molar-refractivity contribution in [3.8, 4) is 0 Å². The molecule has 4 rings (SSSR count). The lowest BCUT2D eigenvalue weighted by atomic mass is 10.0. The molecule has 0 bridgehead atoms. The number of likely N-dealkylation sites (tertiary alicyclic amines) is 1. The number of carbonyl (C=O) groups is 2. The van der Waals surface area contributed by atoms with E-state index in [1.54, 1.807) is 35.2 Å². The molecule has 1 spiro atoms. The van der Waals surface area contributed by atoms with Crippen molar-refractivity contribution in [2.45, 2.75) is 19.4 Å². The summed E-state index contributed by atoms with van der Waals surface area (Å²) in [7, 11) is 1.80. The number of benzene rings is 1. The maximum absolute atomic E-state index is 13.3. The molecule has 2 fully saturated rings. The first-order valence-electron chi connectivity index (χ1n) is 9.43. The largest absolute Gasteiger partial charge is 0.340 e. The number of rotatable bonds is 4. The molecule has 2 atom stereocenters. The van der Waals surface area contributed by atoms with Crippen LogP contribution in [0.15, 0.2) is 48.7 Å². The summed E-state index contributed by atoms with van der Waals surface area (Å²) in [6, 6.07) is 11.3. The number of aromatic nitrogens is 1. The number of carbonyl (C=O) groups excluding carboxylic acids is 2. The lowest BCUT2D eigenvalue weighted by molar-refractivity contribution is -0.132. The quantitative estimate of drug-likeness (QED) is 0.884. The Morgan fingerprint density at radius 2 is 2.18 bits per heavy atom. The van der Waals surface area contributed by atoms with Crippen molar-refractivity contribution in [2.75, 3.05) is 25.5 Å². The molecule has 0 unspecified atom stereocenters. The molecule has 1 aromatic heterocycles. The number of amides is 3. The highest BCUT2D eigenvalue weighted by molar-refractivity contribution is 5.90. The van der Waals surface area contributed by atoms with Crippen LogP contribution in [-0.2, 0) is 11.3 Å². The monoisotopic (exact) mass is 382 g/mol. The smallest absolute Gasteiger partial charge is 0.321 e. The Morgan fingerprint density at radius 3 is 2.93 bits per heavy atom. The van der Waals surface area contributed by atoms with Gasteiger partial charge in [-0.3, -0.25) is 9.78 Å². The van der Waals surface area contributed by atoms with Crippen molar-refractivity contribution in [2.24, 2.45) is 11.3 Å². The maximum atomic E-state index is 13.3. The van der Waals surface area contributed by atoms with Gasteiger partial charge < -0.3 is 15.1 Å².